The zero-order chi connectivity index (χ0) is 36.1. The number of carbonyl (C=O) groups excluding carboxylic acids is 1. The number of rotatable bonds is 10. The molecule has 0 aromatic heterocycles. The summed E-state index contributed by atoms with van der Waals surface area (Å²) in [6.45, 7) is 15.7. The number of hydrogen-bond acceptors (Lipinski definition) is 8. The van der Waals surface area contributed by atoms with Gasteiger partial charge in [0.1, 0.15) is 22.3 Å². The Labute approximate surface area is 290 Å². The number of carboxylic acids is 1. The number of hydrazine groups is 2. The van der Waals surface area contributed by atoms with Gasteiger partial charge in [-0.3, -0.25) is 14.8 Å². The fourth-order valence-electron chi connectivity index (χ4n) is 6.83. The molecule has 2 aliphatic rings. The number of aryl methyl sites for hydroxylation is 1. The molecule has 3 aromatic carbocycles. The normalized spacial score (nSPS) is 18.3. The molecule has 264 valence electrons. The molecular weight excluding hydrogens is 643 g/mol. The summed E-state index contributed by atoms with van der Waals surface area (Å²) >= 11 is 0. The molecule has 2 aliphatic heterocycles. The Balaban J connectivity index is 1.64. The van der Waals surface area contributed by atoms with Crippen molar-refractivity contribution in [2.24, 2.45) is 5.41 Å². The lowest BCUT2D eigenvalue weighted by molar-refractivity contribution is -0.147. The Morgan fingerprint density at radius 2 is 1.76 bits per heavy atom. The standard InChI is InChI=1S/C37H49N5O6S/c1-10-27-22-41(49(46,47)31-15-13-12-14-30(31)48-27)21-26-20-25(17-16-23(26)3)32(36(5,6)34(43)38-37(7,8)35(44)45)28-18-19-29-33(24(28)4)40(9)39-42(29)11-2/h12-20,27,32,39H,10-11,21-22H2,1-9H3,(H,38,43)(H,44,45)/t27-,32+/m1/s1. The van der Waals surface area contributed by atoms with Gasteiger partial charge in [0.15, 0.2) is 0 Å². The van der Waals surface area contributed by atoms with Gasteiger partial charge >= 0.3 is 5.97 Å². The van der Waals surface area contributed by atoms with E-state index in [1.165, 1.54) is 18.2 Å². The zero-order valence-electron chi connectivity index (χ0n) is 29.9. The molecule has 5 rings (SSSR count). The molecule has 3 N–H and O–H groups in total. The Kier molecular flexibility index (Phi) is 9.81. The van der Waals surface area contributed by atoms with Gasteiger partial charge < -0.3 is 15.2 Å². The van der Waals surface area contributed by atoms with Crippen molar-refractivity contribution in [3.63, 3.8) is 0 Å². The average molecular weight is 692 g/mol. The van der Waals surface area contributed by atoms with E-state index in [9.17, 15) is 23.1 Å². The van der Waals surface area contributed by atoms with Crippen LogP contribution in [-0.4, -0.2) is 61.5 Å². The highest BCUT2D eigenvalue weighted by atomic mass is 32.2. The van der Waals surface area contributed by atoms with Crippen LogP contribution in [0.25, 0.3) is 0 Å². The van der Waals surface area contributed by atoms with Crippen LogP contribution >= 0.6 is 0 Å². The van der Waals surface area contributed by atoms with Crippen molar-refractivity contribution >= 4 is 33.3 Å². The van der Waals surface area contributed by atoms with Gasteiger partial charge in [0.2, 0.25) is 15.9 Å². The molecule has 0 saturated heterocycles. The van der Waals surface area contributed by atoms with Gasteiger partial charge in [-0.25, -0.2) is 13.2 Å². The van der Waals surface area contributed by atoms with Crippen LogP contribution in [0.2, 0.25) is 0 Å². The summed E-state index contributed by atoms with van der Waals surface area (Å²) in [5.74, 6) is -1.73. The molecule has 1 amide bonds. The molecule has 3 aromatic rings. The Morgan fingerprint density at radius 3 is 2.41 bits per heavy atom. The quantitative estimate of drug-likeness (QED) is 0.252. The molecule has 2 atom stereocenters. The van der Waals surface area contributed by atoms with Gasteiger partial charge in [-0.2, -0.15) is 4.31 Å². The fraction of sp³-hybridized carbons (Fsp3) is 0.459. The SMILES string of the molecule is CC[C@@H]1CN(Cc2cc([C@@H](c3ccc4c(c3C)N(C)NN4CC)C(C)(C)C(=O)NC(C)(C)C(=O)O)ccc2C)S(=O)(=O)c2ccccc2O1. The Bertz CT molecular complexity index is 1870. The molecule has 12 heteroatoms. The molecule has 0 spiro atoms. The molecular formula is C37H49N5O6S. The Hall–Kier alpha value is -4.13. The predicted molar refractivity (Wildman–Crippen MR) is 191 cm³/mol. The lowest BCUT2D eigenvalue weighted by atomic mass is 9.68. The molecule has 49 heavy (non-hydrogen) atoms. The highest BCUT2D eigenvalue weighted by molar-refractivity contribution is 7.89. The van der Waals surface area contributed by atoms with Gasteiger partial charge in [-0.15, -0.1) is 5.53 Å². The number of amides is 1. The molecule has 0 fully saturated rings. The van der Waals surface area contributed by atoms with Gasteiger partial charge in [0.25, 0.3) is 0 Å². The number of ether oxygens (including phenoxy) is 1. The third kappa shape index (κ3) is 6.61. The minimum absolute atomic E-state index is 0.114. The molecule has 0 bridgehead atoms. The van der Waals surface area contributed by atoms with E-state index >= 15 is 0 Å². The number of fused-ring (bicyclic) bond motifs is 2. The number of carbonyl (C=O) groups is 2. The molecule has 0 aliphatic carbocycles. The molecule has 0 radical (unpaired) electrons. The number of anilines is 2. The van der Waals surface area contributed by atoms with E-state index in [0.29, 0.717) is 12.2 Å². The largest absolute Gasteiger partial charge is 0.488 e. The highest BCUT2D eigenvalue weighted by Gasteiger charge is 2.44. The maximum absolute atomic E-state index is 14.2. The summed E-state index contributed by atoms with van der Waals surface area (Å²) in [6, 6.07) is 16.8. The minimum Gasteiger partial charge on any atom is -0.488 e. The van der Waals surface area contributed by atoms with Crippen molar-refractivity contribution in [2.45, 2.75) is 90.8 Å². The highest BCUT2D eigenvalue weighted by Crippen LogP contribution is 2.47. The van der Waals surface area contributed by atoms with Crippen molar-refractivity contribution < 1.29 is 27.9 Å². The van der Waals surface area contributed by atoms with Crippen LogP contribution in [0.15, 0.2) is 59.5 Å². The summed E-state index contributed by atoms with van der Waals surface area (Å²) in [6.07, 6.45) is 0.311. The summed E-state index contributed by atoms with van der Waals surface area (Å²) in [5, 5.41) is 16.6. The van der Waals surface area contributed by atoms with Crippen LogP contribution < -0.4 is 25.6 Å². The minimum atomic E-state index is -3.89. The first-order chi connectivity index (χ1) is 22.9. The van der Waals surface area contributed by atoms with Crippen LogP contribution in [0.1, 0.15) is 81.7 Å². The number of nitrogens with zero attached hydrogens (tertiary/aromatic N) is 3. The first-order valence-electron chi connectivity index (χ1n) is 16.8. The summed E-state index contributed by atoms with van der Waals surface area (Å²) in [5.41, 5.74) is 7.14. The maximum Gasteiger partial charge on any atom is 0.328 e. The third-order valence-corrected chi connectivity index (χ3v) is 11.8. The second-order valence-electron chi connectivity index (χ2n) is 14.2. The van der Waals surface area contributed by atoms with Crippen LogP contribution in [0, 0.1) is 19.3 Å². The first kappa shape index (κ1) is 36.2. The zero-order valence-corrected chi connectivity index (χ0v) is 30.7. The molecule has 0 saturated carbocycles. The second kappa shape index (κ2) is 13.3. The van der Waals surface area contributed by atoms with E-state index in [0.717, 1.165) is 45.7 Å². The van der Waals surface area contributed by atoms with Gasteiger partial charge in [0, 0.05) is 26.1 Å². The molecule has 2 heterocycles. The van der Waals surface area contributed by atoms with Crippen molar-refractivity contribution in [3.05, 3.63) is 82.4 Å². The van der Waals surface area contributed by atoms with E-state index in [4.69, 9.17) is 4.74 Å². The fourth-order valence-corrected chi connectivity index (χ4v) is 8.40. The van der Waals surface area contributed by atoms with Crippen LogP contribution in [0.4, 0.5) is 11.4 Å². The predicted octanol–water partition coefficient (Wildman–Crippen LogP) is 5.50. The summed E-state index contributed by atoms with van der Waals surface area (Å²) in [4.78, 5) is 26.3. The maximum atomic E-state index is 14.2. The number of para-hydroxylation sites is 1. The third-order valence-electron chi connectivity index (χ3n) is 9.92. The lowest BCUT2D eigenvalue weighted by Gasteiger charge is -2.38. The number of carboxylic acid groups (broad SMARTS) is 1. The van der Waals surface area contributed by atoms with Crippen LogP contribution in [-0.2, 0) is 26.2 Å². The number of sulfonamides is 1. The van der Waals surface area contributed by atoms with E-state index < -0.39 is 38.8 Å². The monoisotopic (exact) mass is 691 g/mol. The topological polar surface area (TPSA) is 132 Å². The molecule has 0 unspecified atom stereocenters. The van der Waals surface area contributed by atoms with Crippen molar-refractivity contribution in [2.75, 3.05) is 30.2 Å². The first-order valence-corrected chi connectivity index (χ1v) is 18.2. The second-order valence-corrected chi connectivity index (χ2v) is 16.1. The smallest absolute Gasteiger partial charge is 0.328 e. The van der Waals surface area contributed by atoms with Crippen molar-refractivity contribution in [1.29, 1.82) is 0 Å². The van der Waals surface area contributed by atoms with Crippen LogP contribution in [0.5, 0.6) is 5.75 Å². The van der Waals surface area contributed by atoms with Gasteiger partial charge in [0.05, 0.1) is 23.3 Å². The summed E-state index contributed by atoms with van der Waals surface area (Å²) < 4.78 is 35.7. The van der Waals surface area contributed by atoms with E-state index in [1.807, 2.05) is 82.0 Å². The van der Waals surface area contributed by atoms with Gasteiger partial charge in [-0.05, 0) is 87.1 Å². The molecule has 11 nitrogen and oxygen atoms in total. The van der Waals surface area contributed by atoms with Gasteiger partial charge in [-0.1, -0.05) is 57.2 Å². The lowest BCUT2D eigenvalue weighted by Crippen LogP contribution is -2.54. The number of benzene rings is 3. The van der Waals surface area contributed by atoms with Crippen LogP contribution in [0.3, 0.4) is 0 Å². The average Bonchev–Trinajstić information content (AvgIpc) is 3.32. The van der Waals surface area contributed by atoms with Crippen molar-refractivity contribution in [1.82, 2.24) is 15.2 Å². The van der Waals surface area contributed by atoms with E-state index in [1.54, 1.807) is 24.3 Å². The number of hydrogen-bond donors (Lipinski definition) is 3. The number of nitrogens with one attached hydrogen (secondary N) is 2. The van der Waals surface area contributed by atoms with E-state index in [2.05, 4.69) is 17.8 Å². The van der Waals surface area contributed by atoms with Crippen molar-refractivity contribution in [3.8, 4) is 5.75 Å². The van der Waals surface area contributed by atoms with E-state index in [-0.39, 0.29) is 24.1 Å². The summed E-state index contributed by atoms with van der Waals surface area (Å²) in [7, 11) is -1.94. The Morgan fingerprint density at radius 1 is 1.06 bits per heavy atom. The number of aliphatic carboxylic acids is 1.